The number of aryl methyl sites for hydroxylation is 1. The Kier molecular flexibility index (Phi) is 5.06. The van der Waals surface area contributed by atoms with Crippen LogP contribution in [0.4, 0.5) is 5.82 Å². The van der Waals surface area contributed by atoms with Crippen molar-refractivity contribution in [3.63, 3.8) is 0 Å². The van der Waals surface area contributed by atoms with Gasteiger partial charge in [0.15, 0.2) is 11.5 Å². The van der Waals surface area contributed by atoms with Crippen molar-refractivity contribution in [1.29, 1.82) is 0 Å². The summed E-state index contributed by atoms with van der Waals surface area (Å²) in [6, 6.07) is 15.7. The van der Waals surface area contributed by atoms with E-state index in [4.69, 9.17) is 9.47 Å². The average Bonchev–Trinajstić information content (AvgIpc) is 3.44. The van der Waals surface area contributed by atoms with Crippen molar-refractivity contribution in [2.24, 2.45) is 0 Å². The average molecular weight is 439 g/mol. The molecule has 0 fully saturated rings. The van der Waals surface area contributed by atoms with Gasteiger partial charge in [0.1, 0.15) is 5.82 Å². The van der Waals surface area contributed by atoms with E-state index in [0.717, 1.165) is 26.6 Å². The van der Waals surface area contributed by atoms with Gasteiger partial charge in [0.25, 0.3) is 0 Å². The topological polar surface area (TPSA) is 78.3 Å². The lowest BCUT2D eigenvalue weighted by atomic mass is 10.3. The minimum Gasteiger partial charge on any atom is -0.454 e. The minimum atomic E-state index is -0.0542. The number of anilines is 1. The van der Waals surface area contributed by atoms with E-state index in [0.29, 0.717) is 28.9 Å². The molecule has 5 rings (SSSR count). The number of thioether (sulfide) groups is 1. The fourth-order valence-electron chi connectivity index (χ4n) is 3.11. The molecule has 0 bridgehead atoms. The highest BCUT2D eigenvalue weighted by atomic mass is 32.2. The molecule has 4 aromatic rings. The van der Waals surface area contributed by atoms with E-state index in [1.807, 2.05) is 55.5 Å². The standard InChI is InChI=1S/C21H18N4O3S2/c1-13-9-19(23-20(26)7-8-29-14-5-3-2-4-6-14)25(24-13)21-22-15-10-16-17(28-12-27-16)11-18(15)30-21/h2-6,9-11H,7-8,12H2,1H3,(H,23,26). The molecule has 2 aromatic carbocycles. The maximum Gasteiger partial charge on any atom is 0.231 e. The van der Waals surface area contributed by atoms with Gasteiger partial charge in [0.05, 0.1) is 15.9 Å². The van der Waals surface area contributed by atoms with Gasteiger partial charge in [-0.25, -0.2) is 4.98 Å². The normalized spacial score (nSPS) is 12.4. The molecule has 0 aliphatic carbocycles. The summed E-state index contributed by atoms with van der Waals surface area (Å²) < 4.78 is 13.5. The molecule has 1 aliphatic heterocycles. The summed E-state index contributed by atoms with van der Waals surface area (Å²) >= 11 is 3.15. The molecule has 2 aromatic heterocycles. The minimum absolute atomic E-state index is 0.0542. The Morgan fingerprint density at radius 1 is 1.20 bits per heavy atom. The number of hydrogen-bond donors (Lipinski definition) is 1. The zero-order chi connectivity index (χ0) is 20.5. The molecule has 1 amide bonds. The number of thiazole rings is 1. The van der Waals surface area contributed by atoms with Gasteiger partial charge in [-0.15, -0.1) is 11.8 Å². The molecular formula is C21H18N4O3S2. The van der Waals surface area contributed by atoms with Crippen molar-refractivity contribution in [2.45, 2.75) is 18.2 Å². The van der Waals surface area contributed by atoms with Crippen LogP contribution in [0.3, 0.4) is 0 Å². The summed E-state index contributed by atoms with van der Waals surface area (Å²) in [6.07, 6.45) is 0.408. The van der Waals surface area contributed by atoms with Gasteiger partial charge in [-0.2, -0.15) is 9.78 Å². The van der Waals surface area contributed by atoms with Crippen molar-refractivity contribution in [3.8, 4) is 16.6 Å². The first-order valence-electron chi connectivity index (χ1n) is 9.41. The smallest absolute Gasteiger partial charge is 0.231 e. The lowest BCUT2D eigenvalue weighted by Crippen LogP contribution is -2.15. The number of fused-ring (bicyclic) bond motifs is 2. The lowest BCUT2D eigenvalue weighted by molar-refractivity contribution is -0.115. The van der Waals surface area contributed by atoms with E-state index in [1.54, 1.807) is 16.4 Å². The number of carbonyl (C=O) groups excluding carboxylic acids is 1. The van der Waals surface area contributed by atoms with Crippen LogP contribution in [0.2, 0.25) is 0 Å². The molecule has 1 N–H and O–H groups in total. The van der Waals surface area contributed by atoms with Crippen LogP contribution in [0.5, 0.6) is 11.5 Å². The first-order valence-corrected chi connectivity index (χ1v) is 11.2. The Bertz CT molecular complexity index is 1180. The van der Waals surface area contributed by atoms with Gasteiger partial charge in [-0.1, -0.05) is 29.5 Å². The number of nitrogens with one attached hydrogen (secondary N) is 1. The molecule has 0 saturated heterocycles. The number of benzene rings is 2. The molecule has 9 heteroatoms. The number of aromatic nitrogens is 3. The lowest BCUT2D eigenvalue weighted by Gasteiger charge is -2.06. The van der Waals surface area contributed by atoms with Crippen LogP contribution in [-0.4, -0.2) is 33.2 Å². The molecule has 1 aliphatic rings. The number of amides is 1. The van der Waals surface area contributed by atoms with E-state index in [-0.39, 0.29) is 12.7 Å². The van der Waals surface area contributed by atoms with Crippen molar-refractivity contribution < 1.29 is 14.3 Å². The molecular weight excluding hydrogens is 420 g/mol. The van der Waals surface area contributed by atoms with Crippen LogP contribution < -0.4 is 14.8 Å². The fourth-order valence-corrected chi connectivity index (χ4v) is 4.93. The van der Waals surface area contributed by atoms with Gasteiger partial charge >= 0.3 is 0 Å². The largest absolute Gasteiger partial charge is 0.454 e. The van der Waals surface area contributed by atoms with E-state index < -0.39 is 0 Å². The predicted molar refractivity (Wildman–Crippen MR) is 118 cm³/mol. The molecule has 7 nitrogen and oxygen atoms in total. The third-order valence-electron chi connectivity index (χ3n) is 4.49. The van der Waals surface area contributed by atoms with Gasteiger partial charge in [-0.3, -0.25) is 4.79 Å². The van der Waals surface area contributed by atoms with Crippen molar-refractivity contribution in [1.82, 2.24) is 14.8 Å². The second-order valence-corrected chi connectivity index (χ2v) is 8.89. The highest BCUT2D eigenvalue weighted by Gasteiger charge is 2.19. The van der Waals surface area contributed by atoms with Gasteiger partial charge in [0, 0.05) is 35.3 Å². The molecule has 30 heavy (non-hydrogen) atoms. The van der Waals surface area contributed by atoms with E-state index in [1.165, 1.54) is 11.3 Å². The van der Waals surface area contributed by atoms with Crippen LogP contribution in [0, 0.1) is 6.92 Å². The van der Waals surface area contributed by atoms with Crippen LogP contribution in [-0.2, 0) is 4.79 Å². The molecule has 0 saturated carbocycles. The Morgan fingerprint density at radius 3 is 2.83 bits per heavy atom. The molecule has 152 valence electrons. The van der Waals surface area contributed by atoms with Gasteiger partial charge in [0.2, 0.25) is 17.8 Å². The van der Waals surface area contributed by atoms with E-state index >= 15 is 0 Å². The Balaban J connectivity index is 1.31. The first kappa shape index (κ1) is 19.0. The monoisotopic (exact) mass is 438 g/mol. The maximum absolute atomic E-state index is 12.5. The van der Waals surface area contributed by atoms with Crippen molar-refractivity contribution in [3.05, 3.63) is 54.2 Å². The van der Waals surface area contributed by atoms with Crippen LogP contribution in [0.1, 0.15) is 12.1 Å². The number of ether oxygens (including phenoxy) is 2. The summed E-state index contributed by atoms with van der Waals surface area (Å²) in [7, 11) is 0. The quantitative estimate of drug-likeness (QED) is 0.442. The number of rotatable bonds is 6. The highest BCUT2D eigenvalue weighted by molar-refractivity contribution is 7.99. The summed E-state index contributed by atoms with van der Waals surface area (Å²) in [5.41, 5.74) is 1.61. The summed E-state index contributed by atoms with van der Waals surface area (Å²) in [4.78, 5) is 18.3. The van der Waals surface area contributed by atoms with Crippen LogP contribution in [0.15, 0.2) is 53.4 Å². The predicted octanol–water partition coefficient (Wildman–Crippen LogP) is 4.64. The Hall–Kier alpha value is -3.04. The third-order valence-corrected chi connectivity index (χ3v) is 6.50. The van der Waals surface area contributed by atoms with Gasteiger partial charge in [-0.05, 0) is 19.1 Å². The number of nitrogens with zero attached hydrogens (tertiary/aromatic N) is 3. The number of carbonyl (C=O) groups is 1. The van der Waals surface area contributed by atoms with Crippen molar-refractivity contribution >= 4 is 45.0 Å². The van der Waals surface area contributed by atoms with Crippen molar-refractivity contribution in [2.75, 3.05) is 17.9 Å². The van der Waals surface area contributed by atoms with Crippen LogP contribution in [0.25, 0.3) is 15.3 Å². The second kappa shape index (κ2) is 8.00. The Labute approximate surface area is 181 Å². The second-order valence-electron chi connectivity index (χ2n) is 6.71. The molecule has 0 atom stereocenters. The third kappa shape index (κ3) is 3.86. The van der Waals surface area contributed by atoms with Gasteiger partial charge < -0.3 is 14.8 Å². The van der Waals surface area contributed by atoms with E-state index in [9.17, 15) is 4.79 Å². The molecule has 3 heterocycles. The Morgan fingerprint density at radius 2 is 2.00 bits per heavy atom. The first-order chi connectivity index (χ1) is 14.7. The highest BCUT2D eigenvalue weighted by Crippen LogP contribution is 2.38. The fraction of sp³-hybridized carbons (Fsp3) is 0.190. The zero-order valence-corrected chi connectivity index (χ0v) is 17.8. The summed E-state index contributed by atoms with van der Waals surface area (Å²) in [6.45, 7) is 2.12. The zero-order valence-electron chi connectivity index (χ0n) is 16.1. The molecule has 0 unspecified atom stereocenters. The van der Waals surface area contributed by atoms with Crippen LogP contribution >= 0.6 is 23.1 Å². The SMILES string of the molecule is Cc1cc(NC(=O)CCSc2ccccc2)n(-c2nc3cc4c(cc3s2)OCO4)n1. The molecule has 0 spiro atoms. The maximum atomic E-state index is 12.5. The number of hydrogen-bond acceptors (Lipinski definition) is 7. The summed E-state index contributed by atoms with van der Waals surface area (Å²) in [5.74, 6) is 2.68. The molecule has 0 radical (unpaired) electrons. The summed E-state index contributed by atoms with van der Waals surface area (Å²) in [5, 5.41) is 8.17. The van der Waals surface area contributed by atoms with E-state index in [2.05, 4.69) is 15.4 Å².